The molecule has 0 fully saturated rings. The summed E-state index contributed by atoms with van der Waals surface area (Å²) in [5.74, 6) is 1.76. The minimum Gasteiger partial charge on any atom is -0.373 e. The second-order valence-corrected chi connectivity index (χ2v) is 4.08. The molecular weight excluding hydrogens is 206 g/mol. The van der Waals surface area contributed by atoms with E-state index in [1.165, 1.54) is 4.88 Å². The summed E-state index contributed by atoms with van der Waals surface area (Å²) in [7, 11) is 1.87. The van der Waals surface area contributed by atoms with Crippen LogP contribution in [0.1, 0.15) is 12.7 Å². The minimum absolute atomic E-state index is 0.855. The van der Waals surface area contributed by atoms with Gasteiger partial charge in [0.15, 0.2) is 0 Å². The Morgan fingerprint density at radius 1 is 1.40 bits per heavy atom. The fourth-order valence-electron chi connectivity index (χ4n) is 1.33. The molecule has 15 heavy (non-hydrogen) atoms. The van der Waals surface area contributed by atoms with Crippen molar-refractivity contribution >= 4 is 17.2 Å². The summed E-state index contributed by atoms with van der Waals surface area (Å²) < 4.78 is 0. The Bertz CT molecular complexity index is 415. The number of nitrogens with one attached hydrogen (secondary N) is 1. The highest BCUT2D eigenvalue weighted by Crippen LogP contribution is 2.24. The zero-order chi connectivity index (χ0) is 10.7. The summed E-state index contributed by atoms with van der Waals surface area (Å²) in [4.78, 5) is 10.0. The van der Waals surface area contributed by atoms with Crippen molar-refractivity contribution in [1.29, 1.82) is 0 Å². The van der Waals surface area contributed by atoms with Crippen LogP contribution in [0.5, 0.6) is 0 Å². The molecule has 0 bridgehead atoms. The normalized spacial score (nSPS) is 10.3. The van der Waals surface area contributed by atoms with Crippen LogP contribution < -0.4 is 5.32 Å². The van der Waals surface area contributed by atoms with Gasteiger partial charge in [-0.15, -0.1) is 11.3 Å². The summed E-state index contributed by atoms with van der Waals surface area (Å²) in [5, 5.41) is 5.12. The van der Waals surface area contributed by atoms with Gasteiger partial charge in [0.25, 0.3) is 0 Å². The molecule has 3 nitrogen and oxygen atoms in total. The maximum absolute atomic E-state index is 4.50. The third kappa shape index (κ3) is 2.15. The van der Waals surface area contributed by atoms with Crippen molar-refractivity contribution in [1.82, 2.24) is 9.97 Å². The van der Waals surface area contributed by atoms with Gasteiger partial charge in [-0.05, 0) is 11.4 Å². The molecule has 0 aromatic carbocycles. The first-order chi connectivity index (χ1) is 7.33. The van der Waals surface area contributed by atoms with Crippen molar-refractivity contribution in [2.45, 2.75) is 13.3 Å². The smallest absolute Gasteiger partial charge is 0.131 e. The second kappa shape index (κ2) is 4.40. The van der Waals surface area contributed by atoms with E-state index >= 15 is 0 Å². The van der Waals surface area contributed by atoms with Crippen molar-refractivity contribution in [2.24, 2.45) is 0 Å². The lowest BCUT2D eigenvalue weighted by molar-refractivity contribution is 0.946. The van der Waals surface area contributed by atoms with Crippen molar-refractivity contribution in [3.05, 3.63) is 29.4 Å². The first-order valence-corrected chi connectivity index (χ1v) is 5.81. The van der Waals surface area contributed by atoms with Gasteiger partial charge in [0, 0.05) is 19.5 Å². The van der Waals surface area contributed by atoms with Crippen LogP contribution in [-0.4, -0.2) is 17.0 Å². The number of aryl methyl sites for hydroxylation is 1. The number of hydrogen-bond acceptors (Lipinski definition) is 4. The van der Waals surface area contributed by atoms with E-state index in [1.807, 2.05) is 19.2 Å². The van der Waals surface area contributed by atoms with Crippen LogP contribution in [0.25, 0.3) is 10.6 Å². The lowest BCUT2D eigenvalue weighted by Crippen LogP contribution is -2.00. The van der Waals surface area contributed by atoms with Crippen LogP contribution in [0.15, 0.2) is 23.6 Å². The van der Waals surface area contributed by atoms with E-state index in [0.717, 1.165) is 23.8 Å². The van der Waals surface area contributed by atoms with Crippen molar-refractivity contribution in [3.63, 3.8) is 0 Å². The largest absolute Gasteiger partial charge is 0.373 e. The first-order valence-electron chi connectivity index (χ1n) is 4.93. The number of rotatable bonds is 3. The average Bonchev–Trinajstić information content (AvgIpc) is 2.81. The molecule has 0 saturated heterocycles. The summed E-state index contributed by atoms with van der Waals surface area (Å²) in [6.45, 7) is 2.06. The molecule has 78 valence electrons. The van der Waals surface area contributed by atoms with Crippen LogP contribution in [0, 0.1) is 0 Å². The fraction of sp³-hybridized carbons (Fsp3) is 0.273. The lowest BCUT2D eigenvalue weighted by Gasteiger charge is -2.04. The maximum atomic E-state index is 4.50. The zero-order valence-electron chi connectivity index (χ0n) is 8.82. The zero-order valence-corrected chi connectivity index (χ0v) is 9.64. The Kier molecular flexibility index (Phi) is 2.97. The molecule has 0 aliphatic rings. The van der Waals surface area contributed by atoms with E-state index in [0.29, 0.717) is 0 Å². The van der Waals surface area contributed by atoms with Gasteiger partial charge in [-0.1, -0.05) is 13.0 Å². The predicted molar refractivity (Wildman–Crippen MR) is 64.3 cm³/mol. The van der Waals surface area contributed by atoms with Gasteiger partial charge in [-0.3, -0.25) is 0 Å². The van der Waals surface area contributed by atoms with Gasteiger partial charge < -0.3 is 5.32 Å². The molecule has 0 aliphatic carbocycles. The lowest BCUT2D eigenvalue weighted by atomic mass is 10.3. The van der Waals surface area contributed by atoms with Crippen LogP contribution in [-0.2, 0) is 6.42 Å². The van der Waals surface area contributed by atoms with Gasteiger partial charge >= 0.3 is 0 Å². The Morgan fingerprint density at radius 2 is 2.27 bits per heavy atom. The summed E-state index contributed by atoms with van der Waals surface area (Å²) in [5.41, 5.74) is 1.00. The number of thiophene rings is 1. The second-order valence-electron chi connectivity index (χ2n) is 3.14. The summed E-state index contributed by atoms with van der Waals surface area (Å²) >= 11 is 1.70. The minimum atomic E-state index is 0.855. The molecule has 0 atom stereocenters. The highest BCUT2D eigenvalue weighted by atomic mass is 32.1. The Labute approximate surface area is 93.2 Å². The molecule has 1 N–H and O–H groups in total. The van der Waals surface area contributed by atoms with Crippen molar-refractivity contribution in [3.8, 4) is 10.6 Å². The highest BCUT2D eigenvalue weighted by Gasteiger charge is 2.05. The van der Waals surface area contributed by atoms with Gasteiger partial charge in [-0.2, -0.15) is 0 Å². The number of aromatic nitrogens is 2. The van der Waals surface area contributed by atoms with Crippen LogP contribution >= 0.6 is 11.3 Å². The van der Waals surface area contributed by atoms with E-state index < -0.39 is 0 Å². The average molecular weight is 219 g/mol. The van der Waals surface area contributed by atoms with Gasteiger partial charge in [0.2, 0.25) is 0 Å². The van der Waals surface area contributed by atoms with Gasteiger partial charge in [-0.25, -0.2) is 9.97 Å². The monoisotopic (exact) mass is 219 g/mol. The third-order valence-corrected chi connectivity index (χ3v) is 3.01. The Balaban J connectivity index is 2.47. The molecule has 2 rings (SSSR count). The summed E-state index contributed by atoms with van der Waals surface area (Å²) in [6.07, 6.45) is 0.855. The van der Waals surface area contributed by atoms with Gasteiger partial charge in [0.05, 0.1) is 10.6 Å². The van der Waals surface area contributed by atoms with E-state index in [-0.39, 0.29) is 0 Å². The molecule has 0 amide bonds. The van der Waals surface area contributed by atoms with E-state index in [2.05, 4.69) is 33.7 Å². The number of nitrogens with zero attached hydrogens (tertiary/aromatic N) is 2. The third-order valence-electron chi connectivity index (χ3n) is 2.12. The van der Waals surface area contributed by atoms with E-state index in [1.54, 1.807) is 11.3 Å². The highest BCUT2D eigenvalue weighted by molar-refractivity contribution is 7.13. The molecule has 0 unspecified atom stereocenters. The standard InChI is InChI=1S/C11H13N3S/c1-3-10-13-8(7-11(12-2)14-10)9-5-4-6-15-9/h4-7H,3H2,1-2H3,(H,12,13,14). The Hall–Kier alpha value is -1.42. The summed E-state index contributed by atoms with van der Waals surface area (Å²) in [6, 6.07) is 6.09. The number of anilines is 1. The quantitative estimate of drug-likeness (QED) is 0.862. The first kappa shape index (κ1) is 10.1. The van der Waals surface area contributed by atoms with Gasteiger partial charge in [0.1, 0.15) is 11.6 Å². The Morgan fingerprint density at radius 3 is 2.87 bits per heavy atom. The van der Waals surface area contributed by atoms with Crippen LogP contribution in [0.3, 0.4) is 0 Å². The molecular formula is C11H13N3S. The van der Waals surface area contributed by atoms with Crippen molar-refractivity contribution < 1.29 is 0 Å². The fourth-order valence-corrected chi connectivity index (χ4v) is 2.02. The molecule has 0 aliphatic heterocycles. The topological polar surface area (TPSA) is 37.8 Å². The maximum Gasteiger partial charge on any atom is 0.131 e. The van der Waals surface area contributed by atoms with Crippen molar-refractivity contribution in [2.75, 3.05) is 12.4 Å². The molecule has 0 radical (unpaired) electrons. The molecule has 4 heteroatoms. The SMILES string of the molecule is CCc1nc(NC)cc(-c2cccs2)n1. The molecule has 0 saturated carbocycles. The van der Waals surface area contributed by atoms with E-state index in [9.17, 15) is 0 Å². The molecule has 2 aromatic rings. The van der Waals surface area contributed by atoms with Crippen LogP contribution in [0.4, 0.5) is 5.82 Å². The van der Waals surface area contributed by atoms with E-state index in [4.69, 9.17) is 0 Å². The number of hydrogen-bond donors (Lipinski definition) is 1. The molecule has 2 aromatic heterocycles. The molecule has 0 spiro atoms. The molecule has 2 heterocycles. The predicted octanol–water partition coefficient (Wildman–Crippen LogP) is 2.81. The van der Waals surface area contributed by atoms with Crippen LogP contribution in [0.2, 0.25) is 0 Å².